The number of carbonyl (C=O) groups excluding carboxylic acids is 2. The Hall–Kier alpha value is -4.06. The summed E-state index contributed by atoms with van der Waals surface area (Å²) >= 11 is 1.33. The second kappa shape index (κ2) is 11.5. The number of aromatic nitrogens is 1. The van der Waals surface area contributed by atoms with E-state index in [-0.39, 0.29) is 24.0 Å². The molecular weight excluding hydrogens is 518 g/mol. The quantitative estimate of drug-likeness (QED) is 0.368. The number of aryl methyl sites for hydroxylation is 2. The minimum Gasteiger partial charge on any atom is -0.493 e. The molecule has 2 amide bonds. The molecule has 2 heterocycles. The van der Waals surface area contributed by atoms with Gasteiger partial charge in [0.25, 0.3) is 5.91 Å². The summed E-state index contributed by atoms with van der Waals surface area (Å²) in [6.45, 7) is 2.60. The summed E-state index contributed by atoms with van der Waals surface area (Å²) in [5, 5.41) is 9.38. The van der Waals surface area contributed by atoms with Gasteiger partial charge in [-0.25, -0.2) is 9.78 Å². The van der Waals surface area contributed by atoms with E-state index in [1.54, 1.807) is 37.3 Å². The molecule has 4 rings (SSSR count). The molecule has 0 bridgehead atoms. The van der Waals surface area contributed by atoms with Gasteiger partial charge in [-0.05, 0) is 56.2 Å². The Kier molecular flexibility index (Phi) is 8.20. The van der Waals surface area contributed by atoms with E-state index in [0.29, 0.717) is 34.0 Å². The molecule has 12 heteroatoms. The first kappa shape index (κ1) is 27.0. The van der Waals surface area contributed by atoms with Gasteiger partial charge in [0, 0.05) is 11.3 Å². The van der Waals surface area contributed by atoms with Crippen LogP contribution in [0.5, 0.6) is 11.5 Å². The number of ether oxygens (including phenoxy) is 3. The molecule has 0 spiro atoms. The number of nitrogens with zero attached hydrogens (tertiary/aromatic N) is 3. The molecule has 0 fully saturated rings. The molecule has 0 saturated heterocycles. The topological polar surface area (TPSA) is 102 Å². The highest BCUT2D eigenvalue weighted by Gasteiger charge is 2.31. The molecule has 0 aliphatic carbocycles. The van der Waals surface area contributed by atoms with E-state index in [9.17, 15) is 18.4 Å². The highest BCUT2D eigenvalue weighted by Crippen LogP contribution is 2.31. The molecule has 3 aromatic rings. The number of alkyl halides is 2. The van der Waals surface area contributed by atoms with Crippen molar-refractivity contribution >= 4 is 34.7 Å². The van der Waals surface area contributed by atoms with E-state index in [1.807, 2.05) is 13.8 Å². The van der Waals surface area contributed by atoms with Crippen molar-refractivity contribution in [1.82, 2.24) is 9.99 Å². The Balaban J connectivity index is 1.52. The van der Waals surface area contributed by atoms with E-state index < -0.39 is 18.8 Å². The lowest BCUT2D eigenvalue weighted by molar-refractivity contribution is -0.0512. The monoisotopic (exact) mass is 544 g/mol. The van der Waals surface area contributed by atoms with Crippen molar-refractivity contribution in [1.29, 1.82) is 0 Å². The molecule has 38 heavy (non-hydrogen) atoms. The van der Waals surface area contributed by atoms with Crippen molar-refractivity contribution in [2.24, 2.45) is 5.10 Å². The fourth-order valence-corrected chi connectivity index (χ4v) is 4.73. The summed E-state index contributed by atoms with van der Waals surface area (Å²) < 4.78 is 40.7. The number of rotatable bonds is 9. The minimum atomic E-state index is -3.00. The number of nitrogens with one attached hydrogen (secondary N) is 1. The zero-order valence-electron chi connectivity index (χ0n) is 21.2. The largest absolute Gasteiger partial charge is 0.493 e. The first-order chi connectivity index (χ1) is 18.2. The first-order valence-corrected chi connectivity index (χ1v) is 12.5. The van der Waals surface area contributed by atoms with Crippen LogP contribution in [-0.4, -0.2) is 47.5 Å². The van der Waals surface area contributed by atoms with E-state index in [0.717, 1.165) is 10.6 Å². The average Bonchev–Trinajstić information content (AvgIpc) is 3.23. The third-order valence-electron chi connectivity index (χ3n) is 5.69. The van der Waals surface area contributed by atoms with Gasteiger partial charge in [0.1, 0.15) is 16.7 Å². The van der Waals surface area contributed by atoms with Gasteiger partial charge in [0.05, 0.1) is 24.4 Å². The molecule has 200 valence electrons. The van der Waals surface area contributed by atoms with Crippen LogP contribution in [0.3, 0.4) is 0 Å². The van der Waals surface area contributed by atoms with Crippen LogP contribution in [0.15, 0.2) is 47.6 Å². The normalized spacial score (nSPS) is 15.2. The first-order valence-electron chi connectivity index (χ1n) is 11.7. The maximum absolute atomic E-state index is 12.7. The number of carbonyl (C=O) groups is 2. The predicted molar refractivity (Wildman–Crippen MR) is 138 cm³/mol. The lowest BCUT2D eigenvalue weighted by Crippen LogP contribution is -2.41. The molecule has 0 radical (unpaired) electrons. The third-order valence-corrected chi connectivity index (χ3v) is 6.76. The zero-order valence-corrected chi connectivity index (χ0v) is 22.0. The fraction of sp³-hybridized carbons (Fsp3) is 0.308. The zero-order chi connectivity index (χ0) is 27.4. The number of hydrazone groups is 1. The van der Waals surface area contributed by atoms with Gasteiger partial charge in [-0.1, -0.05) is 19.1 Å². The number of hydrogen-bond acceptors (Lipinski definition) is 8. The van der Waals surface area contributed by atoms with Crippen molar-refractivity contribution in [2.45, 2.75) is 46.5 Å². The smallest absolute Gasteiger partial charge is 0.431 e. The Bertz CT molecular complexity index is 1360. The van der Waals surface area contributed by atoms with Crippen molar-refractivity contribution in [3.63, 3.8) is 0 Å². The van der Waals surface area contributed by atoms with Crippen LogP contribution in [0.4, 0.5) is 19.3 Å². The van der Waals surface area contributed by atoms with Crippen LogP contribution in [0.25, 0.3) is 0 Å². The number of amides is 2. The van der Waals surface area contributed by atoms with Crippen LogP contribution in [0, 0.1) is 13.8 Å². The van der Waals surface area contributed by atoms with Crippen LogP contribution in [0.2, 0.25) is 0 Å². The number of hydrogen-bond donors (Lipinski definition) is 1. The Morgan fingerprint density at radius 3 is 2.53 bits per heavy atom. The van der Waals surface area contributed by atoms with Gasteiger partial charge >= 0.3 is 12.7 Å². The van der Waals surface area contributed by atoms with Gasteiger partial charge in [-0.3, -0.25) is 4.79 Å². The van der Waals surface area contributed by atoms with Gasteiger partial charge in [-0.15, -0.1) is 11.3 Å². The molecule has 1 aliphatic heterocycles. The van der Waals surface area contributed by atoms with Gasteiger partial charge in [-0.2, -0.15) is 18.9 Å². The van der Waals surface area contributed by atoms with E-state index in [4.69, 9.17) is 9.47 Å². The summed E-state index contributed by atoms with van der Waals surface area (Å²) in [5.74, 6) is -0.247. The lowest BCUT2D eigenvalue weighted by Gasteiger charge is -2.29. The molecule has 0 saturated carbocycles. The fourth-order valence-electron chi connectivity index (χ4n) is 3.91. The molecule has 1 aromatic heterocycles. The minimum absolute atomic E-state index is 0.102. The summed E-state index contributed by atoms with van der Waals surface area (Å²) in [6.07, 6.45) is -0.774. The molecule has 9 nitrogen and oxygen atoms in total. The molecule has 1 atom stereocenters. The lowest BCUT2D eigenvalue weighted by atomic mass is 10.0. The highest BCUT2D eigenvalue weighted by atomic mass is 32.1. The molecule has 1 unspecified atom stereocenters. The van der Waals surface area contributed by atoms with Crippen molar-refractivity contribution in [3.05, 3.63) is 69.2 Å². The van der Waals surface area contributed by atoms with Crippen molar-refractivity contribution < 1.29 is 32.6 Å². The molecule has 1 N–H and O–H groups in total. The number of thiazole rings is 1. The number of methoxy groups -OCH3 is 1. The summed E-state index contributed by atoms with van der Waals surface area (Å²) in [6, 6.07) is 11.4. The molecular formula is C26H26F2N4O5S. The van der Waals surface area contributed by atoms with E-state index >= 15 is 0 Å². The second-order valence-electron chi connectivity index (χ2n) is 8.37. The summed E-state index contributed by atoms with van der Waals surface area (Å²) in [4.78, 5) is 30.0. The molecule has 2 aromatic carbocycles. The van der Waals surface area contributed by atoms with Crippen LogP contribution < -0.4 is 14.8 Å². The number of anilines is 1. The van der Waals surface area contributed by atoms with Crippen molar-refractivity contribution in [3.8, 4) is 11.5 Å². The third kappa shape index (κ3) is 6.08. The van der Waals surface area contributed by atoms with Crippen molar-refractivity contribution in [2.75, 3.05) is 12.4 Å². The predicted octanol–water partition coefficient (Wildman–Crippen LogP) is 5.76. The van der Waals surface area contributed by atoms with Gasteiger partial charge in [0.2, 0.25) is 0 Å². The Labute approximate surface area is 222 Å². The number of cyclic esters (lactones) is 1. The SMILES string of the molecule is CCC1OC(=O)N(Cc2ccc(NC(=O)c3sc(C)nc3C)cc2)N=C1c1ccc(OC(F)F)c(OC)c1. The second-order valence-corrected chi connectivity index (χ2v) is 9.57. The number of halogens is 2. The van der Waals surface area contributed by atoms with Crippen LogP contribution in [-0.2, 0) is 11.3 Å². The van der Waals surface area contributed by atoms with Gasteiger partial charge < -0.3 is 19.5 Å². The maximum atomic E-state index is 12.7. The van der Waals surface area contributed by atoms with E-state index in [2.05, 4.69) is 20.1 Å². The van der Waals surface area contributed by atoms with Gasteiger partial charge in [0.15, 0.2) is 11.5 Å². The maximum Gasteiger partial charge on any atom is 0.431 e. The summed E-state index contributed by atoms with van der Waals surface area (Å²) in [5.41, 5.74) is 3.02. The average molecular weight is 545 g/mol. The van der Waals surface area contributed by atoms with Crippen LogP contribution in [0.1, 0.15) is 44.8 Å². The highest BCUT2D eigenvalue weighted by molar-refractivity contribution is 7.13. The van der Waals surface area contributed by atoms with Crippen LogP contribution >= 0.6 is 11.3 Å². The number of benzene rings is 2. The summed E-state index contributed by atoms with van der Waals surface area (Å²) in [7, 11) is 1.34. The standard InChI is InChI=1S/C26H26F2N4O5S/c1-5-19-22(17-8-11-20(36-25(27)28)21(12-17)35-4)31-32(26(34)37-19)13-16-6-9-18(10-7-16)30-24(33)23-14(2)29-15(3)38-23/h6-12,19,25H,5,13H2,1-4H3,(H,30,33). The molecule has 1 aliphatic rings. The Morgan fingerprint density at radius 2 is 1.92 bits per heavy atom. The van der Waals surface area contributed by atoms with E-state index in [1.165, 1.54) is 35.6 Å². The Morgan fingerprint density at radius 1 is 1.18 bits per heavy atom.